The molecule has 212 valence electrons. The van der Waals surface area contributed by atoms with Gasteiger partial charge in [-0.15, -0.1) is 0 Å². The van der Waals surface area contributed by atoms with Crippen molar-refractivity contribution >= 4 is 15.2 Å². The van der Waals surface area contributed by atoms with Gasteiger partial charge in [-0.05, 0) is 24.0 Å². The Labute approximate surface area is 224 Å². The van der Waals surface area contributed by atoms with Crippen LogP contribution in [0.2, 0.25) is 0 Å². The van der Waals surface area contributed by atoms with Gasteiger partial charge in [0.15, 0.2) is 0 Å². The number of nitrogens with one attached hydrogen (secondary N) is 2. The van der Waals surface area contributed by atoms with E-state index in [1.165, 1.54) is 24.5 Å². The summed E-state index contributed by atoms with van der Waals surface area (Å²) in [7, 11) is -6.82. The molecule has 2 rings (SSSR count). The van der Waals surface area contributed by atoms with Crippen LogP contribution in [0.5, 0.6) is 0 Å². The molecule has 0 saturated heterocycles. The predicted molar refractivity (Wildman–Crippen MR) is 155 cm³/mol. The molecular formula is C27H48N2O6P2. The Morgan fingerprint density at radius 1 is 0.676 bits per heavy atom. The van der Waals surface area contributed by atoms with Gasteiger partial charge in [0.2, 0.25) is 0 Å². The van der Waals surface area contributed by atoms with Crippen molar-refractivity contribution in [1.82, 2.24) is 10.6 Å². The zero-order chi connectivity index (χ0) is 27.2. The Balaban J connectivity index is 0.000000682. The molecule has 2 aromatic rings. The highest BCUT2D eigenvalue weighted by atomic mass is 31.2. The number of hydrogen-bond acceptors (Lipinski definition) is 6. The summed E-state index contributed by atoms with van der Waals surface area (Å²) in [5, 5.41) is 6.69. The largest absolute Gasteiger partial charge is 0.325 e. The first kappa shape index (κ1) is 35.7. The number of rotatable bonds is 14. The molecule has 0 aromatic heterocycles. The summed E-state index contributed by atoms with van der Waals surface area (Å²) in [6.45, 7) is 11.1. The van der Waals surface area contributed by atoms with Crippen molar-refractivity contribution in [3.05, 3.63) is 71.8 Å². The van der Waals surface area contributed by atoms with Gasteiger partial charge in [-0.1, -0.05) is 95.8 Å². The monoisotopic (exact) mass is 558 g/mol. The quantitative estimate of drug-likeness (QED) is 0.225. The molecule has 0 amide bonds. The Morgan fingerprint density at radius 3 is 1.22 bits per heavy atom. The molecular weight excluding hydrogens is 510 g/mol. The van der Waals surface area contributed by atoms with E-state index in [4.69, 9.17) is 9.05 Å². The number of hydrogen-bond donors (Lipinski definition) is 4. The molecule has 8 nitrogen and oxygen atoms in total. The van der Waals surface area contributed by atoms with Gasteiger partial charge in [-0.25, -0.2) is 0 Å². The van der Waals surface area contributed by atoms with E-state index < -0.39 is 15.2 Å². The molecule has 0 radical (unpaired) electrons. The molecule has 37 heavy (non-hydrogen) atoms. The smallest absolute Gasteiger partial charge is 0.324 e. The van der Waals surface area contributed by atoms with Gasteiger partial charge in [0.1, 0.15) is 0 Å². The maximum atomic E-state index is 11.2. The SMILES string of the molecule is C.CC(C)N[C@H](COP(C)(=O)O)Cc1ccccc1.CC(C)N[C@H](COP(C)(=O)O)Cc1ccccc1. The Bertz CT molecular complexity index is 855. The van der Waals surface area contributed by atoms with E-state index in [0.29, 0.717) is 12.1 Å². The van der Waals surface area contributed by atoms with E-state index in [1.54, 1.807) is 0 Å². The van der Waals surface area contributed by atoms with Crippen molar-refractivity contribution in [2.45, 2.75) is 72.1 Å². The van der Waals surface area contributed by atoms with Gasteiger partial charge < -0.3 is 29.5 Å². The van der Waals surface area contributed by atoms with Gasteiger partial charge in [0.05, 0.1) is 13.2 Å². The molecule has 2 unspecified atom stereocenters. The van der Waals surface area contributed by atoms with E-state index in [0.717, 1.165) is 12.8 Å². The molecule has 0 bridgehead atoms. The van der Waals surface area contributed by atoms with Crippen LogP contribution in [0.1, 0.15) is 46.2 Å². The highest BCUT2D eigenvalue weighted by Crippen LogP contribution is 2.37. The first-order valence-corrected chi connectivity index (χ1v) is 16.3. The molecule has 4 N–H and O–H groups in total. The molecule has 0 aliphatic carbocycles. The van der Waals surface area contributed by atoms with Crippen LogP contribution in [0.15, 0.2) is 60.7 Å². The predicted octanol–water partition coefficient (Wildman–Crippen LogP) is 5.49. The summed E-state index contributed by atoms with van der Waals surface area (Å²) in [4.78, 5) is 18.3. The fourth-order valence-electron chi connectivity index (χ4n) is 3.53. The van der Waals surface area contributed by atoms with Gasteiger partial charge >= 0.3 is 15.2 Å². The minimum Gasteiger partial charge on any atom is -0.324 e. The molecule has 10 heteroatoms. The van der Waals surface area contributed by atoms with Crippen LogP contribution in [0.4, 0.5) is 0 Å². The molecule has 0 fully saturated rings. The lowest BCUT2D eigenvalue weighted by Gasteiger charge is -2.22. The second kappa shape index (κ2) is 18.0. The van der Waals surface area contributed by atoms with E-state index in [-0.39, 0.29) is 32.7 Å². The zero-order valence-electron chi connectivity index (χ0n) is 22.3. The fourth-order valence-corrected chi connectivity index (χ4v) is 4.44. The number of benzene rings is 2. The lowest BCUT2D eigenvalue weighted by molar-refractivity contribution is 0.224. The molecule has 0 spiro atoms. The average Bonchev–Trinajstić information content (AvgIpc) is 2.76. The van der Waals surface area contributed by atoms with Crippen LogP contribution in [0.25, 0.3) is 0 Å². The van der Waals surface area contributed by atoms with E-state index in [1.807, 2.05) is 88.4 Å². The lowest BCUT2D eigenvalue weighted by Crippen LogP contribution is -2.39. The maximum absolute atomic E-state index is 11.2. The molecule has 0 saturated carbocycles. The third kappa shape index (κ3) is 20.3. The fraction of sp³-hybridized carbons (Fsp3) is 0.556. The van der Waals surface area contributed by atoms with Crippen LogP contribution >= 0.6 is 15.2 Å². The Kier molecular flexibility index (Phi) is 17.4. The van der Waals surface area contributed by atoms with Crippen molar-refractivity contribution in [3.63, 3.8) is 0 Å². The summed E-state index contributed by atoms with van der Waals surface area (Å²) in [6, 6.07) is 20.7. The molecule has 0 heterocycles. The lowest BCUT2D eigenvalue weighted by atomic mass is 10.1. The minimum absolute atomic E-state index is 0. The second-order valence-corrected chi connectivity index (χ2v) is 13.3. The van der Waals surface area contributed by atoms with Crippen LogP contribution < -0.4 is 10.6 Å². The van der Waals surface area contributed by atoms with Gasteiger partial charge in [0.25, 0.3) is 0 Å². The van der Waals surface area contributed by atoms with Crippen molar-refractivity contribution in [1.29, 1.82) is 0 Å². The van der Waals surface area contributed by atoms with Gasteiger partial charge in [-0.3, -0.25) is 9.13 Å². The highest BCUT2D eigenvalue weighted by Gasteiger charge is 2.18. The van der Waals surface area contributed by atoms with Gasteiger partial charge in [-0.2, -0.15) is 0 Å². The summed E-state index contributed by atoms with van der Waals surface area (Å²) in [6.07, 6.45) is 1.55. The molecule has 0 aliphatic rings. The van der Waals surface area contributed by atoms with Crippen molar-refractivity contribution in [2.24, 2.45) is 0 Å². The summed E-state index contributed by atoms with van der Waals surface area (Å²) >= 11 is 0. The first-order valence-electron chi connectivity index (χ1n) is 12.2. The van der Waals surface area contributed by atoms with Crippen molar-refractivity contribution < 1.29 is 28.0 Å². The highest BCUT2D eigenvalue weighted by molar-refractivity contribution is 7.52. The standard InChI is InChI=1S/2C13H22NO3P.CH4/c2*1-11(2)14-13(10-17-18(3,15)16)9-12-7-5-4-6-8-12;/h2*4-8,11,13-14H,9-10H2,1-3H3,(H,15,16);1H4/t2*13-;/m00./s1. The topological polar surface area (TPSA) is 117 Å². The molecule has 0 aliphatic heterocycles. The zero-order valence-corrected chi connectivity index (χ0v) is 24.1. The normalized spacial score (nSPS) is 16.1. The van der Waals surface area contributed by atoms with Gasteiger partial charge in [0, 0.05) is 37.5 Å². The maximum Gasteiger partial charge on any atom is 0.325 e. The van der Waals surface area contributed by atoms with Crippen LogP contribution in [-0.4, -0.2) is 60.5 Å². The minimum atomic E-state index is -3.41. The van der Waals surface area contributed by atoms with Crippen LogP contribution in [-0.2, 0) is 31.0 Å². The summed E-state index contributed by atoms with van der Waals surface area (Å²) < 4.78 is 32.4. The molecule has 4 atom stereocenters. The summed E-state index contributed by atoms with van der Waals surface area (Å²) in [5.41, 5.74) is 2.37. The first-order chi connectivity index (χ1) is 16.7. The summed E-state index contributed by atoms with van der Waals surface area (Å²) in [5.74, 6) is 0. The van der Waals surface area contributed by atoms with Crippen LogP contribution in [0.3, 0.4) is 0 Å². The average molecular weight is 559 g/mol. The van der Waals surface area contributed by atoms with Crippen molar-refractivity contribution in [3.8, 4) is 0 Å². The Morgan fingerprint density at radius 2 is 0.973 bits per heavy atom. The van der Waals surface area contributed by atoms with Crippen LogP contribution in [0, 0.1) is 0 Å². The third-order valence-corrected chi connectivity index (χ3v) is 6.07. The molecule has 2 aromatic carbocycles. The van der Waals surface area contributed by atoms with E-state index in [2.05, 4.69) is 10.6 Å². The Hall–Kier alpha value is -1.34. The second-order valence-electron chi connectivity index (χ2n) is 9.61. The van der Waals surface area contributed by atoms with E-state index in [9.17, 15) is 18.9 Å². The third-order valence-electron chi connectivity index (χ3n) is 4.82. The van der Waals surface area contributed by atoms with E-state index >= 15 is 0 Å². The van der Waals surface area contributed by atoms with Crippen molar-refractivity contribution in [2.75, 3.05) is 26.5 Å².